The van der Waals surface area contributed by atoms with Gasteiger partial charge in [-0.25, -0.2) is 4.39 Å². The maximum atomic E-state index is 12.6. The van der Waals surface area contributed by atoms with Gasteiger partial charge >= 0.3 is 0 Å². The lowest BCUT2D eigenvalue weighted by Crippen LogP contribution is -2.17. The molecular weight excluding hydrogens is 157 g/mol. The van der Waals surface area contributed by atoms with Crippen molar-refractivity contribution in [3.63, 3.8) is 0 Å². The Kier molecular flexibility index (Phi) is 2.65. The van der Waals surface area contributed by atoms with E-state index in [0.717, 1.165) is 5.56 Å². The maximum Gasteiger partial charge on any atom is 0.164 e. The van der Waals surface area contributed by atoms with E-state index in [2.05, 4.69) is 0 Å². The minimum Gasteiger partial charge on any atom is -0.505 e. The third-order valence-corrected chi connectivity index (χ3v) is 1.57. The molecule has 2 nitrogen and oxygen atoms in total. The topological polar surface area (TPSA) is 46.2 Å². The zero-order chi connectivity index (χ0) is 9.14. The minimum absolute atomic E-state index is 0.0230. The number of aromatic hydroxyl groups is 1. The second-order valence-electron chi connectivity index (χ2n) is 2.97. The van der Waals surface area contributed by atoms with Crippen molar-refractivity contribution in [1.82, 2.24) is 0 Å². The molecule has 1 aromatic carbocycles. The standard InChI is InChI=1S/C9H12FNO/c1-6(11)4-7-2-3-8(10)9(12)5-7/h2-3,5-6,12H,4,11H2,1H3/t6-/m1/s1. The Hall–Kier alpha value is -1.09. The van der Waals surface area contributed by atoms with E-state index in [1.165, 1.54) is 12.1 Å². The average Bonchev–Trinajstić information content (AvgIpc) is 1.96. The number of hydrogen-bond donors (Lipinski definition) is 2. The normalized spacial score (nSPS) is 12.9. The quantitative estimate of drug-likeness (QED) is 0.703. The van der Waals surface area contributed by atoms with Crippen LogP contribution in [0.15, 0.2) is 18.2 Å². The Morgan fingerprint density at radius 3 is 2.75 bits per heavy atom. The first-order valence-corrected chi connectivity index (χ1v) is 3.82. The van der Waals surface area contributed by atoms with Gasteiger partial charge in [-0.05, 0) is 31.0 Å². The fraction of sp³-hybridized carbons (Fsp3) is 0.333. The third-order valence-electron chi connectivity index (χ3n) is 1.57. The first-order valence-electron chi connectivity index (χ1n) is 3.82. The van der Waals surface area contributed by atoms with Gasteiger partial charge in [-0.1, -0.05) is 6.07 Å². The van der Waals surface area contributed by atoms with E-state index >= 15 is 0 Å². The summed E-state index contributed by atoms with van der Waals surface area (Å²) in [4.78, 5) is 0. The van der Waals surface area contributed by atoms with Crippen LogP contribution in [0.5, 0.6) is 5.75 Å². The number of nitrogens with two attached hydrogens (primary N) is 1. The zero-order valence-corrected chi connectivity index (χ0v) is 6.92. The summed E-state index contributed by atoms with van der Waals surface area (Å²) < 4.78 is 12.6. The molecular formula is C9H12FNO. The number of phenolic OH excluding ortho intramolecular Hbond substituents is 1. The Balaban J connectivity index is 2.82. The predicted octanol–water partition coefficient (Wildman–Crippen LogP) is 1.42. The van der Waals surface area contributed by atoms with E-state index in [1.807, 2.05) is 6.92 Å². The lowest BCUT2D eigenvalue weighted by Gasteiger charge is -2.05. The van der Waals surface area contributed by atoms with E-state index in [9.17, 15) is 4.39 Å². The van der Waals surface area contributed by atoms with Crippen LogP contribution < -0.4 is 5.73 Å². The van der Waals surface area contributed by atoms with E-state index < -0.39 is 5.82 Å². The maximum absolute atomic E-state index is 12.6. The molecule has 3 heteroatoms. The summed E-state index contributed by atoms with van der Waals surface area (Å²) in [6.45, 7) is 1.86. The van der Waals surface area contributed by atoms with Crippen LogP contribution in [-0.2, 0) is 6.42 Å². The molecule has 12 heavy (non-hydrogen) atoms. The summed E-state index contributed by atoms with van der Waals surface area (Å²) in [6.07, 6.45) is 0.647. The second-order valence-corrected chi connectivity index (χ2v) is 2.97. The SMILES string of the molecule is C[C@@H](N)Cc1ccc(F)c(O)c1. The molecule has 0 heterocycles. The molecule has 0 aromatic heterocycles. The molecule has 0 fully saturated rings. The molecule has 1 rings (SSSR count). The summed E-state index contributed by atoms with van der Waals surface area (Å²) in [6, 6.07) is 4.29. The van der Waals surface area contributed by atoms with Crippen LogP contribution in [0.1, 0.15) is 12.5 Å². The Bertz CT molecular complexity index is 273. The van der Waals surface area contributed by atoms with Gasteiger partial charge in [-0.3, -0.25) is 0 Å². The van der Waals surface area contributed by atoms with Crippen molar-refractivity contribution < 1.29 is 9.50 Å². The summed E-state index contributed by atoms with van der Waals surface area (Å²) in [5, 5.41) is 9.00. The van der Waals surface area contributed by atoms with Crippen molar-refractivity contribution in [1.29, 1.82) is 0 Å². The van der Waals surface area contributed by atoms with Crippen molar-refractivity contribution in [2.45, 2.75) is 19.4 Å². The fourth-order valence-corrected chi connectivity index (χ4v) is 1.06. The monoisotopic (exact) mass is 169 g/mol. The van der Waals surface area contributed by atoms with Crippen LogP contribution >= 0.6 is 0 Å². The lowest BCUT2D eigenvalue weighted by molar-refractivity contribution is 0.431. The van der Waals surface area contributed by atoms with E-state index in [-0.39, 0.29) is 11.8 Å². The van der Waals surface area contributed by atoms with Gasteiger partial charge in [0, 0.05) is 6.04 Å². The molecule has 0 spiro atoms. The smallest absolute Gasteiger partial charge is 0.164 e. The summed E-state index contributed by atoms with van der Waals surface area (Å²) in [5.74, 6) is -0.906. The minimum atomic E-state index is -0.594. The largest absolute Gasteiger partial charge is 0.505 e. The fourth-order valence-electron chi connectivity index (χ4n) is 1.06. The van der Waals surface area contributed by atoms with E-state index in [1.54, 1.807) is 6.07 Å². The Morgan fingerprint density at radius 2 is 2.25 bits per heavy atom. The Morgan fingerprint density at radius 1 is 1.58 bits per heavy atom. The van der Waals surface area contributed by atoms with Gasteiger partial charge in [0.05, 0.1) is 0 Å². The molecule has 1 atom stereocenters. The van der Waals surface area contributed by atoms with Gasteiger partial charge in [0.2, 0.25) is 0 Å². The van der Waals surface area contributed by atoms with Crippen LogP contribution in [0.3, 0.4) is 0 Å². The first-order chi connectivity index (χ1) is 5.59. The van der Waals surface area contributed by atoms with Crippen molar-refractivity contribution in [3.05, 3.63) is 29.6 Å². The summed E-state index contributed by atoms with van der Waals surface area (Å²) in [5.41, 5.74) is 6.39. The van der Waals surface area contributed by atoms with Crippen molar-refractivity contribution in [2.75, 3.05) is 0 Å². The molecule has 0 aliphatic rings. The van der Waals surface area contributed by atoms with Crippen LogP contribution in [-0.4, -0.2) is 11.1 Å². The number of rotatable bonds is 2. The molecule has 0 bridgehead atoms. The third kappa shape index (κ3) is 2.20. The molecule has 3 N–H and O–H groups in total. The van der Waals surface area contributed by atoms with Gasteiger partial charge in [0.1, 0.15) is 0 Å². The summed E-state index contributed by atoms with van der Waals surface area (Å²) >= 11 is 0. The highest BCUT2D eigenvalue weighted by Crippen LogP contribution is 2.17. The van der Waals surface area contributed by atoms with E-state index in [0.29, 0.717) is 6.42 Å². The van der Waals surface area contributed by atoms with E-state index in [4.69, 9.17) is 10.8 Å². The van der Waals surface area contributed by atoms with Gasteiger partial charge < -0.3 is 10.8 Å². The molecule has 0 aliphatic carbocycles. The van der Waals surface area contributed by atoms with Gasteiger partial charge in [-0.15, -0.1) is 0 Å². The highest BCUT2D eigenvalue weighted by atomic mass is 19.1. The summed E-state index contributed by atoms with van der Waals surface area (Å²) in [7, 11) is 0. The molecule has 0 unspecified atom stereocenters. The van der Waals surface area contributed by atoms with Gasteiger partial charge in [-0.2, -0.15) is 0 Å². The molecule has 66 valence electrons. The molecule has 0 aliphatic heterocycles. The van der Waals surface area contributed by atoms with Gasteiger partial charge in [0.15, 0.2) is 11.6 Å². The van der Waals surface area contributed by atoms with Crippen LogP contribution in [0.25, 0.3) is 0 Å². The zero-order valence-electron chi connectivity index (χ0n) is 6.92. The lowest BCUT2D eigenvalue weighted by atomic mass is 10.1. The van der Waals surface area contributed by atoms with Crippen LogP contribution in [0.2, 0.25) is 0 Å². The van der Waals surface area contributed by atoms with Crippen molar-refractivity contribution in [2.24, 2.45) is 5.73 Å². The highest BCUT2D eigenvalue weighted by molar-refractivity contribution is 5.29. The molecule has 0 saturated carbocycles. The van der Waals surface area contributed by atoms with Crippen molar-refractivity contribution >= 4 is 0 Å². The first kappa shape index (κ1) is 9.00. The Labute approximate surface area is 70.8 Å². The average molecular weight is 169 g/mol. The predicted molar refractivity (Wildman–Crippen MR) is 45.4 cm³/mol. The van der Waals surface area contributed by atoms with Crippen molar-refractivity contribution in [3.8, 4) is 5.75 Å². The van der Waals surface area contributed by atoms with Gasteiger partial charge in [0.25, 0.3) is 0 Å². The number of halogens is 1. The molecule has 0 saturated heterocycles. The molecule has 1 aromatic rings. The number of phenols is 1. The molecule has 0 radical (unpaired) electrons. The van der Waals surface area contributed by atoms with Crippen LogP contribution in [0.4, 0.5) is 4.39 Å². The number of benzene rings is 1. The number of hydrogen-bond acceptors (Lipinski definition) is 2. The highest BCUT2D eigenvalue weighted by Gasteiger charge is 2.02. The second kappa shape index (κ2) is 3.54. The van der Waals surface area contributed by atoms with Crippen LogP contribution in [0, 0.1) is 5.82 Å². The molecule has 0 amide bonds.